The van der Waals surface area contributed by atoms with E-state index >= 15 is 0 Å². The standard InChI is InChI=1S/C23H23Cl2N5O3S/c1-4-11-30-21(14(2)26-22(32)15-5-8-17(33-3)9-6-15)28-29-23(30)34-13-20(31)27-19-12-16(24)7-10-18(19)25/h4-10,12,14H,1,11,13H2,2-3H3,(H,26,32)(H,27,31). The van der Waals surface area contributed by atoms with Crippen LogP contribution in [0.5, 0.6) is 5.75 Å². The molecule has 0 spiro atoms. The number of aromatic nitrogens is 3. The number of hydrogen-bond acceptors (Lipinski definition) is 6. The summed E-state index contributed by atoms with van der Waals surface area (Å²) in [6.45, 7) is 6.00. The predicted octanol–water partition coefficient (Wildman–Crippen LogP) is 5.00. The number of carbonyl (C=O) groups excluding carboxylic acids is 2. The van der Waals surface area contributed by atoms with Crippen LogP contribution in [-0.4, -0.2) is 39.4 Å². The number of anilines is 1. The van der Waals surface area contributed by atoms with Gasteiger partial charge in [-0.1, -0.05) is 41.0 Å². The third-order valence-corrected chi connectivity index (χ3v) is 6.21. The van der Waals surface area contributed by atoms with E-state index in [1.54, 1.807) is 60.2 Å². The Morgan fingerprint density at radius 2 is 1.94 bits per heavy atom. The van der Waals surface area contributed by atoms with Crippen LogP contribution in [-0.2, 0) is 11.3 Å². The Bertz CT molecular complexity index is 1180. The van der Waals surface area contributed by atoms with E-state index in [0.29, 0.717) is 44.6 Å². The Morgan fingerprint density at radius 3 is 2.62 bits per heavy atom. The minimum atomic E-state index is -0.435. The van der Waals surface area contributed by atoms with Gasteiger partial charge in [0, 0.05) is 17.1 Å². The Balaban J connectivity index is 1.66. The summed E-state index contributed by atoms with van der Waals surface area (Å²) in [5, 5.41) is 15.5. The van der Waals surface area contributed by atoms with Gasteiger partial charge >= 0.3 is 0 Å². The zero-order valence-corrected chi connectivity index (χ0v) is 20.9. The van der Waals surface area contributed by atoms with Gasteiger partial charge in [0.05, 0.1) is 29.6 Å². The maximum atomic E-state index is 12.6. The summed E-state index contributed by atoms with van der Waals surface area (Å²) in [6.07, 6.45) is 1.70. The van der Waals surface area contributed by atoms with Gasteiger partial charge in [-0.25, -0.2) is 0 Å². The van der Waals surface area contributed by atoms with Crippen LogP contribution in [0.25, 0.3) is 0 Å². The molecule has 1 aromatic heterocycles. The van der Waals surface area contributed by atoms with Crippen molar-refractivity contribution in [2.75, 3.05) is 18.2 Å². The highest BCUT2D eigenvalue weighted by Crippen LogP contribution is 2.26. The number of nitrogens with zero attached hydrogens (tertiary/aromatic N) is 3. The van der Waals surface area contributed by atoms with Crippen LogP contribution < -0.4 is 15.4 Å². The summed E-state index contributed by atoms with van der Waals surface area (Å²) in [5.74, 6) is 0.756. The largest absolute Gasteiger partial charge is 0.497 e. The van der Waals surface area contributed by atoms with Crippen LogP contribution in [0.1, 0.15) is 29.1 Å². The lowest BCUT2D eigenvalue weighted by Gasteiger charge is -2.15. The normalized spacial score (nSPS) is 11.5. The zero-order valence-electron chi connectivity index (χ0n) is 18.5. The van der Waals surface area contributed by atoms with Crippen molar-refractivity contribution in [3.63, 3.8) is 0 Å². The number of thioether (sulfide) groups is 1. The minimum absolute atomic E-state index is 0.0741. The van der Waals surface area contributed by atoms with E-state index in [1.807, 2.05) is 6.92 Å². The van der Waals surface area contributed by atoms with Gasteiger partial charge in [0.2, 0.25) is 5.91 Å². The molecular formula is C23H23Cl2N5O3S. The highest BCUT2D eigenvalue weighted by molar-refractivity contribution is 7.99. The fourth-order valence-corrected chi connectivity index (χ4v) is 4.12. The van der Waals surface area contributed by atoms with Gasteiger partial charge in [0.1, 0.15) is 5.75 Å². The molecule has 0 bridgehead atoms. The molecule has 2 N–H and O–H groups in total. The first kappa shape index (κ1) is 25.6. The van der Waals surface area contributed by atoms with Gasteiger partial charge in [-0.3, -0.25) is 9.59 Å². The molecule has 3 aromatic rings. The molecular weight excluding hydrogens is 497 g/mol. The van der Waals surface area contributed by atoms with Gasteiger partial charge < -0.3 is 19.9 Å². The van der Waals surface area contributed by atoms with E-state index in [0.717, 1.165) is 0 Å². The lowest BCUT2D eigenvalue weighted by Crippen LogP contribution is -2.28. The van der Waals surface area contributed by atoms with Crippen molar-refractivity contribution in [1.29, 1.82) is 0 Å². The summed E-state index contributed by atoms with van der Waals surface area (Å²) < 4.78 is 6.92. The lowest BCUT2D eigenvalue weighted by molar-refractivity contribution is -0.113. The van der Waals surface area contributed by atoms with Crippen LogP contribution in [0, 0.1) is 0 Å². The number of carbonyl (C=O) groups is 2. The zero-order chi connectivity index (χ0) is 24.7. The maximum absolute atomic E-state index is 12.6. The number of ether oxygens (including phenoxy) is 1. The van der Waals surface area contributed by atoms with Crippen LogP contribution in [0.4, 0.5) is 5.69 Å². The Morgan fingerprint density at radius 1 is 1.21 bits per heavy atom. The first-order chi connectivity index (χ1) is 16.3. The van der Waals surface area contributed by atoms with Crippen LogP contribution in [0.15, 0.2) is 60.3 Å². The van der Waals surface area contributed by atoms with E-state index < -0.39 is 6.04 Å². The predicted molar refractivity (Wildman–Crippen MR) is 135 cm³/mol. The van der Waals surface area contributed by atoms with Crippen molar-refractivity contribution >= 4 is 52.5 Å². The summed E-state index contributed by atoms with van der Waals surface area (Å²) in [4.78, 5) is 25.1. The van der Waals surface area contributed by atoms with E-state index in [9.17, 15) is 9.59 Å². The van der Waals surface area contributed by atoms with Crippen LogP contribution in [0.2, 0.25) is 10.0 Å². The number of halogens is 2. The number of allylic oxidation sites excluding steroid dienone is 1. The van der Waals surface area contributed by atoms with Gasteiger partial charge in [-0.2, -0.15) is 0 Å². The fourth-order valence-electron chi connectivity index (χ4n) is 3.02. The van der Waals surface area contributed by atoms with Crippen molar-refractivity contribution in [2.45, 2.75) is 24.7 Å². The Hall–Kier alpha value is -3.01. The quantitative estimate of drug-likeness (QED) is 0.288. The maximum Gasteiger partial charge on any atom is 0.251 e. The summed E-state index contributed by atoms with van der Waals surface area (Å²) in [7, 11) is 1.56. The molecule has 2 amide bonds. The second-order valence-electron chi connectivity index (χ2n) is 7.12. The molecule has 0 saturated carbocycles. The SMILES string of the molecule is C=CCn1c(SCC(=O)Nc2cc(Cl)ccc2Cl)nnc1C(C)NC(=O)c1ccc(OC)cc1. The van der Waals surface area contributed by atoms with E-state index in [4.69, 9.17) is 27.9 Å². The molecule has 1 atom stereocenters. The lowest BCUT2D eigenvalue weighted by atomic mass is 10.2. The number of amides is 2. The number of rotatable bonds is 10. The third kappa shape index (κ3) is 6.53. The first-order valence-electron chi connectivity index (χ1n) is 10.2. The average Bonchev–Trinajstić information content (AvgIpc) is 3.23. The van der Waals surface area contributed by atoms with Crippen molar-refractivity contribution in [3.05, 3.63) is 76.6 Å². The molecule has 11 heteroatoms. The average molecular weight is 520 g/mol. The number of benzene rings is 2. The molecule has 8 nitrogen and oxygen atoms in total. The molecule has 0 fully saturated rings. The molecule has 0 radical (unpaired) electrons. The van der Waals surface area contributed by atoms with E-state index in [1.165, 1.54) is 11.8 Å². The molecule has 0 aliphatic rings. The monoisotopic (exact) mass is 519 g/mol. The second-order valence-corrected chi connectivity index (χ2v) is 8.91. The van der Waals surface area contributed by atoms with E-state index in [-0.39, 0.29) is 17.6 Å². The van der Waals surface area contributed by atoms with Gasteiger partial charge in [0.15, 0.2) is 11.0 Å². The molecule has 1 heterocycles. The van der Waals surface area contributed by atoms with Gasteiger partial charge in [-0.05, 0) is 49.4 Å². The number of nitrogens with one attached hydrogen (secondary N) is 2. The van der Waals surface area contributed by atoms with Crippen molar-refractivity contribution in [1.82, 2.24) is 20.1 Å². The molecule has 2 aromatic carbocycles. The van der Waals surface area contributed by atoms with Gasteiger partial charge in [0.25, 0.3) is 5.91 Å². The van der Waals surface area contributed by atoms with Crippen molar-refractivity contribution in [3.8, 4) is 5.75 Å². The molecule has 3 rings (SSSR count). The highest BCUT2D eigenvalue weighted by Gasteiger charge is 2.20. The van der Waals surface area contributed by atoms with Gasteiger partial charge in [-0.15, -0.1) is 16.8 Å². The molecule has 1 unspecified atom stereocenters. The highest BCUT2D eigenvalue weighted by atomic mass is 35.5. The smallest absolute Gasteiger partial charge is 0.251 e. The summed E-state index contributed by atoms with van der Waals surface area (Å²) in [6, 6.07) is 11.2. The molecule has 0 saturated heterocycles. The van der Waals surface area contributed by atoms with Crippen LogP contribution in [0.3, 0.4) is 0 Å². The summed E-state index contributed by atoms with van der Waals surface area (Å²) in [5.41, 5.74) is 0.927. The molecule has 34 heavy (non-hydrogen) atoms. The Kier molecular flexibility index (Phi) is 8.98. The molecule has 178 valence electrons. The third-order valence-electron chi connectivity index (χ3n) is 4.68. The summed E-state index contributed by atoms with van der Waals surface area (Å²) >= 11 is 13.3. The second kappa shape index (κ2) is 11.9. The Labute approximate surface area is 211 Å². The molecule has 0 aliphatic heterocycles. The molecule has 0 aliphatic carbocycles. The minimum Gasteiger partial charge on any atom is -0.497 e. The first-order valence-corrected chi connectivity index (χ1v) is 11.9. The van der Waals surface area contributed by atoms with E-state index in [2.05, 4.69) is 27.4 Å². The number of methoxy groups -OCH3 is 1. The van der Waals surface area contributed by atoms with Crippen LogP contribution >= 0.6 is 35.0 Å². The topological polar surface area (TPSA) is 98.1 Å². The fraction of sp³-hybridized carbons (Fsp3) is 0.217. The van der Waals surface area contributed by atoms with Crippen molar-refractivity contribution < 1.29 is 14.3 Å². The van der Waals surface area contributed by atoms with Crippen molar-refractivity contribution in [2.24, 2.45) is 0 Å². The number of hydrogen-bond donors (Lipinski definition) is 2.